The second-order valence-corrected chi connectivity index (χ2v) is 8.34. The number of hydrogen-bond donors (Lipinski definition) is 1. The average Bonchev–Trinajstić information content (AvgIpc) is 3.07. The lowest BCUT2D eigenvalue weighted by Gasteiger charge is -2.28. The minimum absolute atomic E-state index is 0.0553. The van der Waals surface area contributed by atoms with Crippen LogP contribution in [0.3, 0.4) is 0 Å². The molecule has 3 aromatic rings. The number of nitrogens with one attached hydrogen (secondary N) is 1. The van der Waals surface area contributed by atoms with Gasteiger partial charge in [0.25, 0.3) is 0 Å². The van der Waals surface area contributed by atoms with Crippen LogP contribution in [0.1, 0.15) is 37.0 Å². The van der Waals surface area contributed by atoms with Gasteiger partial charge in [0.15, 0.2) is 11.6 Å². The smallest absolute Gasteiger partial charge is 0.205 e. The number of hydrogen-bond acceptors (Lipinski definition) is 4. The Morgan fingerprint density at radius 1 is 0.933 bits per heavy atom. The molecule has 1 N–H and O–H groups in total. The van der Waals surface area contributed by atoms with Crippen molar-refractivity contribution in [3.63, 3.8) is 0 Å². The van der Waals surface area contributed by atoms with Crippen molar-refractivity contribution in [3.05, 3.63) is 70.9 Å². The number of nitriles is 1. The molecule has 30 heavy (non-hydrogen) atoms. The lowest BCUT2D eigenvalue weighted by Crippen LogP contribution is -2.35. The molecule has 0 aliphatic heterocycles. The van der Waals surface area contributed by atoms with Gasteiger partial charge in [-0.25, -0.2) is 0 Å². The predicted molar refractivity (Wildman–Crippen MR) is 114 cm³/mol. The highest BCUT2D eigenvalue weighted by Gasteiger charge is 2.36. The molecular weight excluding hydrogens is 376 g/mol. The van der Waals surface area contributed by atoms with Crippen LogP contribution in [0.4, 0.5) is 0 Å². The van der Waals surface area contributed by atoms with Crippen molar-refractivity contribution in [2.45, 2.75) is 26.7 Å². The van der Waals surface area contributed by atoms with E-state index in [1.807, 2.05) is 19.9 Å². The van der Waals surface area contributed by atoms with Crippen molar-refractivity contribution < 1.29 is 14.4 Å². The van der Waals surface area contributed by atoms with E-state index in [4.69, 9.17) is 0 Å². The van der Waals surface area contributed by atoms with Gasteiger partial charge in [0, 0.05) is 29.2 Å². The normalized spacial score (nSPS) is 17.0. The van der Waals surface area contributed by atoms with Crippen LogP contribution in [0.15, 0.2) is 54.6 Å². The molecule has 0 saturated heterocycles. The molecule has 5 nitrogen and oxygen atoms in total. The number of ketones is 3. The largest absolute Gasteiger partial charge is 0.353 e. The van der Waals surface area contributed by atoms with Crippen LogP contribution in [0.5, 0.6) is 0 Å². The molecule has 0 radical (unpaired) electrons. The lowest BCUT2D eigenvalue weighted by atomic mass is 9.74. The van der Waals surface area contributed by atoms with Crippen LogP contribution in [-0.4, -0.2) is 22.3 Å². The summed E-state index contributed by atoms with van der Waals surface area (Å²) in [5, 5.41) is 11.8. The third kappa shape index (κ3) is 3.27. The van der Waals surface area contributed by atoms with Gasteiger partial charge in [0.2, 0.25) is 5.78 Å². The quantitative estimate of drug-likeness (QED) is 0.675. The molecule has 1 fully saturated rings. The van der Waals surface area contributed by atoms with E-state index >= 15 is 0 Å². The maximum atomic E-state index is 13.0. The first-order valence-electron chi connectivity index (χ1n) is 9.74. The van der Waals surface area contributed by atoms with Gasteiger partial charge in [-0.1, -0.05) is 68.4 Å². The molecule has 1 heterocycles. The van der Waals surface area contributed by atoms with Gasteiger partial charge >= 0.3 is 0 Å². The fourth-order valence-corrected chi connectivity index (χ4v) is 4.07. The monoisotopic (exact) mass is 396 g/mol. The standard InChI is InChI=1S/C25H20N2O3/c1-25(2)12-19(28)21(20(29)13-25)23-17-11-7-6-10-16(17)22(27-23)18(14-26)24(30)15-8-4-3-5-9-15/h3-11,27H,12-13H2,1-2H3/b22-18-. The Hall–Kier alpha value is -3.78. The zero-order valence-corrected chi connectivity index (χ0v) is 16.8. The summed E-state index contributed by atoms with van der Waals surface area (Å²) in [5.74, 6) is -0.852. The van der Waals surface area contributed by atoms with E-state index in [9.17, 15) is 19.6 Å². The summed E-state index contributed by atoms with van der Waals surface area (Å²) in [4.78, 5) is 41.8. The number of aromatic nitrogens is 1. The Kier molecular flexibility index (Phi) is 4.71. The lowest BCUT2D eigenvalue weighted by molar-refractivity contribution is -0.124. The van der Waals surface area contributed by atoms with E-state index in [1.165, 1.54) is 0 Å². The van der Waals surface area contributed by atoms with E-state index in [2.05, 4.69) is 4.98 Å². The van der Waals surface area contributed by atoms with Gasteiger partial charge in [-0.2, -0.15) is 5.26 Å². The third-order valence-corrected chi connectivity index (χ3v) is 5.43. The summed E-state index contributed by atoms with van der Waals surface area (Å²) in [7, 11) is 0. The predicted octanol–water partition coefficient (Wildman–Crippen LogP) is 2.83. The zero-order chi connectivity index (χ0) is 21.5. The minimum Gasteiger partial charge on any atom is -0.353 e. The molecule has 1 aliphatic carbocycles. The number of fused-ring (bicyclic) bond motifs is 1. The topological polar surface area (TPSA) is 90.8 Å². The van der Waals surface area contributed by atoms with Gasteiger partial charge in [-0.3, -0.25) is 14.4 Å². The number of H-pyrrole nitrogens is 1. The van der Waals surface area contributed by atoms with Gasteiger partial charge in [-0.15, -0.1) is 0 Å². The van der Waals surface area contributed by atoms with Crippen LogP contribution in [-0.2, 0) is 9.59 Å². The molecule has 1 saturated carbocycles. The summed E-state index contributed by atoms with van der Waals surface area (Å²) in [6, 6.07) is 17.7. The number of Topliss-reactive ketones (excluding diaryl/α,β-unsaturated/α-hetero) is 3. The number of carbonyl (C=O) groups is 3. The van der Waals surface area contributed by atoms with Gasteiger partial charge in [0.1, 0.15) is 11.6 Å². The molecule has 0 bridgehead atoms. The van der Waals surface area contributed by atoms with Gasteiger partial charge in [0.05, 0.1) is 16.3 Å². The first kappa shape index (κ1) is 19.5. The van der Waals surface area contributed by atoms with E-state index < -0.39 is 5.78 Å². The number of carbonyl (C=O) groups excluding carboxylic acids is 3. The molecule has 2 aromatic carbocycles. The van der Waals surface area contributed by atoms with Crippen molar-refractivity contribution in [1.82, 2.24) is 4.98 Å². The number of aromatic amines is 1. The number of nitrogens with zero attached hydrogens (tertiary/aromatic N) is 1. The van der Waals surface area contributed by atoms with Crippen molar-refractivity contribution in [3.8, 4) is 6.07 Å². The molecule has 148 valence electrons. The maximum absolute atomic E-state index is 13.0. The SMILES string of the molecule is CC1(C)CC(=O)C(=c2[nH]/c(=C(/C#N)C(=O)c3ccccc3)c3ccccc23)C(=O)C1. The van der Waals surface area contributed by atoms with Crippen LogP contribution < -0.4 is 10.7 Å². The van der Waals surface area contributed by atoms with Crippen LogP contribution >= 0.6 is 0 Å². The van der Waals surface area contributed by atoms with Crippen molar-refractivity contribution >= 4 is 39.3 Å². The summed E-state index contributed by atoms with van der Waals surface area (Å²) >= 11 is 0. The van der Waals surface area contributed by atoms with Crippen LogP contribution in [0, 0.1) is 16.7 Å². The Labute approximate surface area is 173 Å². The Balaban J connectivity index is 2.07. The van der Waals surface area contributed by atoms with Crippen molar-refractivity contribution in [1.29, 1.82) is 5.26 Å². The molecule has 0 atom stereocenters. The molecule has 0 spiro atoms. The Morgan fingerprint density at radius 2 is 1.50 bits per heavy atom. The second-order valence-electron chi connectivity index (χ2n) is 8.34. The number of rotatable bonds is 2. The molecule has 1 aliphatic rings. The Morgan fingerprint density at radius 3 is 2.10 bits per heavy atom. The molecule has 4 rings (SSSR count). The minimum atomic E-state index is -0.413. The highest BCUT2D eigenvalue weighted by atomic mass is 16.2. The zero-order valence-electron chi connectivity index (χ0n) is 16.8. The molecule has 1 aromatic heterocycles. The third-order valence-electron chi connectivity index (χ3n) is 5.43. The highest BCUT2D eigenvalue weighted by molar-refractivity contribution is 6.43. The fraction of sp³-hybridized carbons (Fsp3) is 0.200. The molecule has 5 heteroatoms. The first-order chi connectivity index (χ1) is 14.3. The summed E-state index contributed by atoms with van der Waals surface area (Å²) in [6.07, 6.45) is 0.545. The molecule has 0 unspecified atom stereocenters. The van der Waals surface area contributed by atoms with E-state index in [1.54, 1.807) is 54.6 Å². The Bertz CT molecular complexity index is 1350. The van der Waals surface area contributed by atoms with Gasteiger partial charge in [-0.05, 0) is 5.41 Å². The summed E-state index contributed by atoms with van der Waals surface area (Å²) in [5.41, 5.74) is 0.0887. The summed E-state index contributed by atoms with van der Waals surface area (Å²) in [6.45, 7) is 3.80. The van der Waals surface area contributed by atoms with Crippen molar-refractivity contribution in [2.75, 3.05) is 0 Å². The average molecular weight is 396 g/mol. The maximum Gasteiger partial charge on any atom is 0.205 e. The molecule has 0 amide bonds. The van der Waals surface area contributed by atoms with E-state index in [-0.39, 0.29) is 41.0 Å². The molecular formula is C25H20N2O3. The summed E-state index contributed by atoms with van der Waals surface area (Å²) < 4.78 is 0. The van der Waals surface area contributed by atoms with Gasteiger partial charge < -0.3 is 4.98 Å². The first-order valence-corrected chi connectivity index (χ1v) is 9.74. The van der Waals surface area contributed by atoms with E-state index in [0.717, 1.165) is 0 Å². The second kappa shape index (κ2) is 7.23. The van der Waals surface area contributed by atoms with Crippen LogP contribution in [0.2, 0.25) is 0 Å². The van der Waals surface area contributed by atoms with Crippen LogP contribution in [0.25, 0.3) is 21.9 Å². The van der Waals surface area contributed by atoms with E-state index in [0.29, 0.717) is 27.0 Å². The number of benzene rings is 2. The highest BCUT2D eigenvalue weighted by Crippen LogP contribution is 2.33. The fourth-order valence-electron chi connectivity index (χ4n) is 4.07. The van der Waals surface area contributed by atoms with Crippen molar-refractivity contribution in [2.24, 2.45) is 5.41 Å².